The molecule has 0 radical (unpaired) electrons. The van der Waals surface area contributed by atoms with Crippen LogP contribution in [-0.2, 0) is 4.79 Å². The van der Waals surface area contributed by atoms with Gasteiger partial charge in [-0.25, -0.2) is 4.79 Å². The number of carbonyl (C=O) groups excluding carboxylic acids is 1. The summed E-state index contributed by atoms with van der Waals surface area (Å²) in [6.07, 6.45) is 0. The largest absolute Gasteiger partial charge is 0.486 e. The maximum atomic E-state index is 13.1. The van der Waals surface area contributed by atoms with E-state index in [1.807, 2.05) is 0 Å². The van der Waals surface area contributed by atoms with E-state index < -0.39 is 12.0 Å². The average Bonchev–Trinajstić information content (AvgIpc) is 2.67. The molecular weight excluding hydrogens is 362 g/mol. The molecule has 144 valence electrons. The van der Waals surface area contributed by atoms with Crippen molar-refractivity contribution in [3.8, 4) is 28.4 Å². The first-order valence-corrected chi connectivity index (χ1v) is 8.89. The minimum absolute atomic E-state index is 0.180. The third kappa shape index (κ3) is 3.20. The van der Waals surface area contributed by atoms with Gasteiger partial charge >= 0.3 is 5.97 Å². The molecule has 0 saturated carbocycles. The van der Waals surface area contributed by atoms with Crippen molar-refractivity contribution < 1.29 is 23.4 Å². The van der Waals surface area contributed by atoms with Gasteiger partial charge < -0.3 is 24.4 Å². The Kier molecular flexibility index (Phi) is 4.52. The van der Waals surface area contributed by atoms with E-state index >= 15 is 0 Å². The Morgan fingerprint density at radius 2 is 1.86 bits per heavy atom. The lowest BCUT2D eigenvalue weighted by Gasteiger charge is -2.19. The molecular formula is C21H19NO6. The van der Waals surface area contributed by atoms with Gasteiger partial charge in [0.15, 0.2) is 11.5 Å². The summed E-state index contributed by atoms with van der Waals surface area (Å²) in [6.45, 7) is 4.21. The maximum Gasteiger partial charge on any atom is 0.328 e. The number of ether oxygens (including phenoxy) is 3. The number of hydrogen-bond donors (Lipinski definition) is 1. The van der Waals surface area contributed by atoms with Gasteiger partial charge in [-0.1, -0.05) is 6.07 Å². The van der Waals surface area contributed by atoms with E-state index in [0.29, 0.717) is 52.6 Å². The van der Waals surface area contributed by atoms with Crippen molar-refractivity contribution in [2.24, 2.45) is 5.73 Å². The fourth-order valence-electron chi connectivity index (χ4n) is 3.09. The highest BCUT2D eigenvalue weighted by atomic mass is 16.6. The van der Waals surface area contributed by atoms with Gasteiger partial charge in [0.25, 0.3) is 0 Å². The molecule has 0 bridgehead atoms. The molecule has 0 saturated heterocycles. The van der Waals surface area contributed by atoms with Crippen LogP contribution in [0.25, 0.3) is 22.1 Å². The predicted molar refractivity (Wildman–Crippen MR) is 103 cm³/mol. The molecule has 0 fully saturated rings. The van der Waals surface area contributed by atoms with Crippen molar-refractivity contribution in [2.45, 2.75) is 19.9 Å². The summed E-state index contributed by atoms with van der Waals surface area (Å²) < 4.78 is 22.2. The minimum Gasteiger partial charge on any atom is -0.486 e. The molecule has 1 atom stereocenters. The lowest BCUT2D eigenvalue weighted by Crippen LogP contribution is -2.30. The molecule has 1 aromatic heterocycles. The molecule has 3 aromatic rings. The molecule has 0 spiro atoms. The van der Waals surface area contributed by atoms with E-state index in [4.69, 9.17) is 24.4 Å². The van der Waals surface area contributed by atoms with Gasteiger partial charge in [0.05, 0.1) is 10.9 Å². The van der Waals surface area contributed by atoms with E-state index in [2.05, 4.69) is 0 Å². The Labute approximate surface area is 160 Å². The smallest absolute Gasteiger partial charge is 0.328 e. The standard InChI is InChI=1S/C21H19NO6/c1-11(22)21(24)28-14-4-5-15-17(10-14)27-12(2)19(20(15)23)13-3-6-16-18(9-13)26-8-7-25-16/h3-6,9-11H,7-8,22H2,1-2H3/t11-/m1/s1. The Balaban J connectivity index is 1.78. The summed E-state index contributed by atoms with van der Waals surface area (Å²) >= 11 is 0. The Hall–Kier alpha value is -3.32. The molecule has 2 N–H and O–H groups in total. The summed E-state index contributed by atoms with van der Waals surface area (Å²) in [5.74, 6) is 1.40. The first-order valence-electron chi connectivity index (χ1n) is 8.89. The first kappa shape index (κ1) is 18.1. The summed E-state index contributed by atoms with van der Waals surface area (Å²) in [5.41, 5.74) is 6.80. The van der Waals surface area contributed by atoms with Crippen molar-refractivity contribution >= 4 is 16.9 Å². The number of carbonyl (C=O) groups is 1. The average molecular weight is 381 g/mol. The molecule has 2 aromatic carbocycles. The highest BCUT2D eigenvalue weighted by molar-refractivity contribution is 5.85. The second-order valence-electron chi connectivity index (χ2n) is 6.59. The SMILES string of the molecule is Cc1oc2cc(OC(=O)[C@@H](C)N)ccc2c(=O)c1-c1ccc2c(c1)OCCO2. The van der Waals surface area contributed by atoms with Gasteiger partial charge in [0, 0.05) is 6.07 Å². The van der Waals surface area contributed by atoms with E-state index in [1.54, 1.807) is 37.3 Å². The third-order valence-electron chi connectivity index (χ3n) is 4.46. The van der Waals surface area contributed by atoms with Gasteiger partial charge in [-0.05, 0) is 43.7 Å². The van der Waals surface area contributed by atoms with Crippen LogP contribution in [0.5, 0.6) is 17.2 Å². The van der Waals surface area contributed by atoms with E-state index in [0.717, 1.165) is 0 Å². The highest BCUT2D eigenvalue weighted by Crippen LogP contribution is 2.35. The molecule has 0 amide bonds. The van der Waals surface area contributed by atoms with Crippen molar-refractivity contribution in [1.29, 1.82) is 0 Å². The first-order chi connectivity index (χ1) is 13.4. The van der Waals surface area contributed by atoms with E-state index in [1.165, 1.54) is 13.0 Å². The molecule has 7 heteroatoms. The molecule has 2 heterocycles. The number of nitrogens with two attached hydrogens (primary N) is 1. The fraction of sp³-hybridized carbons (Fsp3) is 0.238. The van der Waals surface area contributed by atoms with Crippen molar-refractivity contribution in [3.05, 3.63) is 52.4 Å². The maximum absolute atomic E-state index is 13.1. The Morgan fingerprint density at radius 1 is 1.11 bits per heavy atom. The van der Waals surface area contributed by atoms with Gasteiger partial charge in [-0.15, -0.1) is 0 Å². The highest BCUT2D eigenvalue weighted by Gasteiger charge is 2.18. The van der Waals surface area contributed by atoms with Crippen LogP contribution in [0.1, 0.15) is 12.7 Å². The van der Waals surface area contributed by atoms with Gasteiger partial charge in [-0.3, -0.25) is 4.79 Å². The van der Waals surface area contributed by atoms with Crippen LogP contribution in [0.3, 0.4) is 0 Å². The van der Waals surface area contributed by atoms with Gasteiger partial charge in [0.1, 0.15) is 36.3 Å². The zero-order valence-corrected chi connectivity index (χ0v) is 15.5. The number of hydrogen-bond acceptors (Lipinski definition) is 7. The monoisotopic (exact) mass is 381 g/mol. The fourth-order valence-corrected chi connectivity index (χ4v) is 3.09. The molecule has 4 rings (SSSR count). The van der Waals surface area contributed by atoms with Crippen LogP contribution < -0.4 is 25.4 Å². The van der Waals surface area contributed by atoms with Gasteiger partial charge in [-0.2, -0.15) is 0 Å². The summed E-state index contributed by atoms with van der Waals surface area (Å²) in [4.78, 5) is 24.8. The number of esters is 1. The lowest BCUT2D eigenvalue weighted by molar-refractivity contribution is -0.135. The van der Waals surface area contributed by atoms with Gasteiger partial charge in [0.2, 0.25) is 5.43 Å². The number of rotatable bonds is 3. The van der Waals surface area contributed by atoms with Crippen LogP contribution in [-0.4, -0.2) is 25.2 Å². The van der Waals surface area contributed by atoms with Crippen LogP contribution >= 0.6 is 0 Å². The molecule has 0 aliphatic carbocycles. The zero-order chi connectivity index (χ0) is 19.8. The molecule has 1 aliphatic heterocycles. The molecule has 7 nitrogen and oxygen atoms in total. The van der Waals surface area contributed by atoms with E-state index in [-0.39, 0.29) is 11.2 Å². The van der Waals surface area contributed by atoms with Crippen LogP contribution in [0, 0.1) is 6.92 Å². The van der Waals surface area contributed by atoms with Crippen LogP contribution in [0.4, 0.5) is 0 Å². The topological polar surface area (TPSA) is 101 Å². The third-order valence-corrected chi connectivity index (χ3v) is 4.46. The predicted octanol–water partition coefficient (Wildman–Crippen LogP) is 2.79. The lowest BCUT2D eigenvalue weighted by atomic mass is 10.0. The van der Waals surface area contributed by atoms with Crippen molar-refractivity contribution in [2.75, 3.05) is 13.2 Å². The minimum atomic E-state index is -0.748. The second-order valence-corrected chi connectivity index (χ2v) is 6.59. The van der Waals surface area contributed by atoms with Crippen molar-refractivity contribution in [1.82, 2.24) is 0 Å². The van der Waals surface area contributed by atoms with Crippen LogP contribution in [0.15, 0.2) is 45.6 Å². The number of fused-ring (bicyclic) bond motifs is 2. The second kappa shape index (κ2) is 7.01. The zero-order valence-electron chi connectivity index (χ0n) is 15.5. The van der Waals surface area contributed by atoms with Crippen molar-refractivity contribution in [3.63, 3.8) is 0 Å². The summed E-state index contributed by atoms with van der Waals surface area (Å²) in [5, 5.41) is 0.385. The number of aryl methyl sites for hydroxylation is 1. The summed E-state index contributed by atoms with van der Waals surface area (Å²) in [6, 6.07) is 9.24. The van der Waals surface area contributed by atoms with E-state index in [9.17, 15) is 9.59 Å². The molecule has 1 aliphatic rings. The molecule has 28 heavy (non-hydrogen) atoms. The Morgan fingerprint density at radius 3 is 2.61 bits per heavy atom. The molecule has 0 unspecified atom stereocenters. The number of benzene rings is 2. The quantitative estimate of drug-likeness (QED) is 0.550. The normalized spacial score (nSPS) is 14.0. The summed E-state index contributed by atoms with van der Waals surface area (Å²) in [7, 11) is 0. The Bertz CT molecular complexity index is 1130. The van der Waals surface area contributed by atoms with Crippen LogP contribution in [0.2, 0.25) is 0 Å².